The molecule has 2 amide bonds. The number of primary amides is 1. The van der Waals surface area contributed by atoms with Gasteiger partial charge in [-0.2, -0.15) is 18.3 Å². The second-order valence-electron chi connectivity index (χ2n) is 15.6. The van der Waals surface area contributed by atoms with Gasteiger partial charge in [-0.05, 0) is 101 Å². The van der Waals surface area contributed by atoms with Crippen LogP contribution in [0.4, 0.5) is 18.9 Å². The Morgan fingerprint density at radius 1 is 1.02 bits per heavy atom. The zero-order valence-electron chi connectivity index (χ0n) is 33.4. The van der Waals surface area contributed by atoms with Gasteiger partial charge in [0.1, 0.15) is 12.0 Å². The molecule has 1 aromatic carbocycles. The van der Waals surface area contributed by atoms with E-state index in [1.165, 1.54) is 22.9 Å². The molecule has 5 aromatic rings. The zero-order valence-corrected chi connectivity index (χ0v) is 33.4. The number of amides is 2. The third-order valence-electron chi connectivity index (χ3n) is 11.2. The summed E-state index contributed by atoms with van der Waals surface area (Å²) in [6.07, 6.45) is 4.49. The topological polar surface area (TPSA) is 219 Å². The highest BCUT2D eigenvalue weighted by molar-refractivity contribution is 6.07. The van der Waals surface area contributed by atoms with Gasteiger partial charge >= 0.3 is 11.9 Å². The van der Waals surface area contributed by atoms with Crippen molar-refractivity contribution in [3.63, 3.8) is 0 Å². The van der Waals surface area contributed by atoms with Gasteiger partial charge in [-0.15, -0.1) is 0 Å². The van der Waals surface area contributed by atoms with Crippen molar-refractivity contribution < 1.29 is 45.9 Å². The number of hydrogen-bond acceptors (Lipinski definition) is 12. The summed E-state index contributed by atoms with van der Waals surface area (Å²) < 4.78 is 58.0. The van der Waals surface area contributed by atoms with Crippen LogP contribution in [0.3, 0.4) is 0 Å². The summed E-state index contributed by atoms with van der Waals surface area (Å²) in [5, 5.41) is 10.6. The number of oxazole rings is 2. The monoisotopic (exact) mass is 848 g/mol. The highest BCUT2D eigenvalue weighted by atomic mass is 19.4. The number of anilines is 1. The van der Waals surface area contributed by atoms with Gasteiger partial charge < -0.3 is 29.9 Å². The predicted molar refractivity (Wildman–Crippen MR) is 214 cm³/mol. The van der Waals surface area contributed by atoms with Crippen LogP contribution in [0.2, 0.25) is 0 Å². The second-order valence-corrected chi connectivity index (χ2v) is 15.6. The maximum atomic E-state index is 13.1. The Morgan fingerprint density at radius 2 is 1.82 bits per heavy atom. The van der Waals surface area contributed by atoms with Crippen LogP contribution in [0.25, 0.3) is 22.6 Å². The zero-order chi connectivity index (χ0) is 43.1. The average Bonchev–Trinajstić information content (AvgIpc) is 3.98. The van der Waals surface area contributed by atoms with Gasteiger partial charge in [0.05, 0.1) is 29.7 Å². The van der Waals surface area contributed by atoms with E-state index in [2.05, 4.69) is 25.7 Å². The van der Waals surface area contributed by atoms with Crippen LogP contribution in [0.15, 0.2) is 62.6 Å². The van der Waals surface area contributed by atoms with Gasteiger partial charge in [-0.3, -0.25) is 33.4 Å². The van der Waals surface area contributed by atoms with Gasteiger partial charge in [0.15, 0.2) is 22.8 Å². The minimum atomic E-state index is -4.33. The number of benzene rings is 1. The molecule has 1 atom stereocenters. The molecule has 2 saturated carbocycles. The summed E-state index contributed by atoms with van der Waals surface area (Å²) in [4.78, 5) is 70.5. The number of fused-ring (bicyclic) bond motifs is 1. The lowest BCUT2D eigenvalue weighted by molar-refractivity contribution is -0.134. The molecule has 61 heavy (non-hydrogen) atoms. The Balaban J connectivity index is 0.805. The summed E-state index contributed by atoms with van der Waals surface area (Å²) in [7, 11) is 0. The van der Waals surface area contributed by atoms with Crippen molar-refractivity contribution in [2.75, 3.05) is 31.6 Å². The highest BCUT2D eigenvalue weighted by Gasteiger charge is 2.32. The van der Waals surface area contributed by atoms with Crippen LogP contribution in [0, 0.1) is 5.92 Å². The van der Waals surface area contributed by atoms with E-state index in [9.17, 15) is 37.1 Å². The van der Waals surface area contributed by atoms with Crippen molar-refractivity contribution in [1.82, 2.24) is 29.6 Å². The number of aryl methyl sites for hydroxylation is 2. The summed E-state index contributed by atoms with van der Waals surface area (Å²) >= 11 is 0. The number of alkyl halides is 3. The first-order chi connectivity index (χ1) is 29.3. The second kappa shape index (κ2) is 19.2. The van der Waals surface area contributed by atoms with Gasteiger partial charge in [0, 0.05) is 49.7 Å². The molecule has 4 aromatic heterocycles. The Kier molecular flexibility index (Phi) is 13.6. The number of Topliss-reactive ketones (excluding diaryl/α,β-unsaturated/α-hetero) is 2. The van der Waals surface area contributed by atoms with Crippen LogP contribution in [-0.4, -0.2) is 80.2 Å². The number of nitrogens with one attached hydrogen (secondary N) is 2. The minimum Gasteiger partial charge on any atom is -0.444 e. The average molecular weight is 849 g/mol. The number of aromatic nitrogens is 5. The Labute approximate surface area is 347 Å². The van der Waals surface area contributed by atoms with Gasteiger partial charge in [0.25, 0.3) is 11.8 Å². The third-order valence-corrected chi connectivity index (χ3v) is 11.2. The molecule has 19 heteroatoms. The van der Waals surface area contributed by atoms with E-state index >= 15 is 0 Å². The van der Waals surface area contributed by atoms with E-state index in [1.807, 2.05) is 12.1 Å². The molecule has 0 spiro atoms. The number of carbonyl (C=O) groups excluding carboxylic acids is 4. The van der Waals surface area contributed by atoms with Crippen LogP contribution >= 0.6 is 0 Å². The molecule has 0 saturated heterocycles. The molecule has 2 aliphatic rings. The van der Waals surface area contributed by atoms with Gasteiger partial charge in [-0.25, -0.2) is 9.78 Å². The standard InChI is InChI=1S/C42H47F3N8O8/c43-42(44,45)15-13-28-20-27(14-17-48-28)40-50-32(24-60-40)39(57)49-31-23-52(51-36(31)38(46)56)29-9-7-25(8-10-29)22-47-16-3-19-59-18-2-5-26-4-1-6-34-37(26)61-41(58)53(34)33-12-11-30(54)21-35(33)55/h1,4,6,14,17,20,23-25,29,33,47H,2-3,5,7-13,15-16,18-19,21-22H2,(H2,46,56)(H,49,57). The van der Waals surface area contributed by atoms with Crippen molar-refractivity contribution in [3.8, 4) is 11.5 Å². The fourth-order valence-electron chi connectivity index (χ4n) is 7.99. The van der Waals surface area contributed by atoms with Crippen molar-refractivity contribution in [1.29, 1.82) is 0 Å². The van der Waals surface area contributed by atoms with Crippen molar-refractivity contribution in [3.05, 3.63) is 82.2 Å². The number of para-hydroxylation sites is 1. The molecular formula is C42H47F3N8O8. The largest absolute Gasteiger partial charge is 0.444 e. The molecule has 4 heterocycles. The first kappa shape index (κ1) is 43.1. The molecule has 2 aliphatic carbocycles. The molecule has 0 aliphatic heterocycles. The van der Waals surface area contributed by atoms with Crippen molar-refractivity contribution in [2.24, 2.45) is 11.7 Å². The molecule has 16 nitrogen and oxygen atoms in total. The summed E-state index contributed by atoms with van der Waals surface area (Å²) in [6.45, 7) is 2.78. The fourth-order valence-corrected chi connectivity index (χ4v) is 7.99. The number of rotatable bonds is 18. The van der Waals surface area contributed by atoms with Crippen LogP contribution in [0.1, 0.15) is 109 Å². The van der Waals surface area contributed by atoms with Crippen molar-refractivity contribution >= 4 is 40.2 Å². The quantitative estimate of drug-likeness (QED) is 0.0692. The summed E-state index contributed by atoms with van der Waals surface area (Å²) in [6, 6.07) is 7.77. The number of hydrogen-bond donors (Lipinski definition) is 3. The van der Waals surface area contributed by atoms with Crippen LogP contribution in [0.5, 0.6) is 0 Å². The van der Waals surface area contributed by atoms with E-state index in [0.29, 0.717) is 48.6 Å². The summed E-state index contributed by atoms with van der Waals surface area (Å²) in [5.74, 6) is -1.96. The molecule has 324 valence electrons. The maximum Gasteiger partial charge on any atom is 0.420 e. The normalized spacial score (nSPS) is 18.5. The number of carbonyl (C=O) groups is 4. The van der Waals surface area contributed by atoms with E-state index in [1.54, 1.807) is 16.9 Å². The molecule has 7 rings (SSSR count). The highest BCUT2D eigenvalue weighted by Crippen LogP contribution is 2.33. The molecule has 0 bridgehead atoms. The number of nitrogens with two attached hydrogens (primary N) is 1. The number of nitrogens with zero attached hydrogens (tertiary/aromatic N) is 5. The van der Waals surface area contributed by atoms with E-state index in [0.717, 1.165) is 63.4 Å². The fraction of sp³-hybridized carbons (Fsp3) is 0.476. The van der Waals surface area contributed by atoms with Crippen LogP contribution in [-0.2, 0) is 27.2 Å². The molecular weight excluding hydrogens is 802 g/mol. The van der Waals surface area contributed by atoms with Crippen LogP contribution < -0.4 is 22.1 Å². The van der Waals surface area contributed by atoms with E-state index < -0.39 is 36.2 Å². The van der Waals surface area contributed by atoms with Gasteiger partial charge in [0.2, 0.25) is 5.89 Å². The smallest absolute Gasteiger partial charge is 0.420 e. The molecule has 4 N–H and O–H groups in total. The number of ether oxygens (including phenoxy) is 1. The minimum absolute atomic E-state index is 0.00116. The summed E-state index contributed by atoms with van der Waals surface area (Å²) in [5.41, 5.74) is 7.98. The lowest BCUT2D eigenvalue weighted by atomic mass is 9.86. The maximum absolute atomic E-state index is 13.1. The first-order valence-electron chi connectivity index (χ1n) is 20.5. The lowest BCUT2D eigenvalue weighted by Gasteiger charge is -2.28. The third kappa shape index (κ3) is 10.9. The predicted octanol–water partition coefficient (Wildman–Crippen LogP) is 5.91. The first-order valence-corrected chi connectivity index (χ1v) is 20.5. The van der Waals surface area contributed by atoms with E-state index in [-0.39, 0.29) is 65.5 Å². The lowest BCUT2D eigenvalue weighted by Crippen LogP contribution is -2.32. The molecule has 0 radical (unpaired) electrons. The Bertz CT molecular complexity index is 2430. The van der Waals surface area contributed by atoms with E-state index in [4.69, 9.17) is 19.3 Å². The van der Waals surface area contributed by atoms with Crippen molar-refractivity contribution in [2.45, 2.75) is 95.3 Å². The number of ketones is 2. The Morgan fingerprint density at radius 3 is 2.59 bits per heavy atom. The number of pyridine rings is 1. The van der Waals surface area contributed by atoms with Gasteiger partial charge in [-0.1, -0.05) is 12.1 Å². The number of halogens is 3. The molecule has 2 fully saturated rings. The Hall–Kier alpha value is -5.95. The SMILES string of the molecule is NC(=O)c1nn(C2CCC(CNCCCOCCCc3cccc4c3oc(=O)n4C3CCC(=O)CC3=O)CC2)cc1NC(=O)c1coc(-c2ccnc(CCC(F)(F)F)c2)n1. The molecule has 1 unspecified atom stereocenters.